The normalized spacial score (nSPS) is 12.9. The lowest BCUT2D eigenvalue weighted by molar-refractivity contribution is 0.669. The molecular formula is C49H33NO. The number of anilines is 3. The second-order valence-corrected chi connectivity index (χ2v) is 13.3. The third-order valence-electron chi connectivity index (χ3n) is 10.5. The Morgan fingerprint density at radius 1 is 0.353 bits per heavy atom. The lowest BCUT2D eigenvalue weighted by Gasteiger charge is -2.35. The molecule has 0 saturated carbocycles. The molecule has 0 amide bonds. The molecule has 1 aromatic heterocycles. The summed E-state index contributed by atoms with van der Waals surface area (Å²) >= 11 is 0. The molecule has 0 aliphatic heterocycles. The van der Waals surface area contributed by atoms with Gasteiger partial charge in [0.05, 0.1) is 5.41 Å². The van der Waals surface area contributed by atoms with Crippen LogP contribution in [0, 0.1) is 0 Å². The van der Waals surface area contributed by atoms with E-state index in [0.717, 1.165) is 39.0 Å². The van der Waals surface area contributed by atoms with E-state index in [1.165, 1.54) is 44.5 Å². The van der Waals surface area contributed by atoms with Crippen molar-refractivity contribution in [3.8, 4) is 22.3 Å². The van der Waals surface area contributed by atoms with Crippen LogP contribution in [0.15, 0.2) is 205 Å². The molecule has 240 valence electrons. The molecule has 1 heterocycles. The van der Waals surface area contributed by atoms with Gasteiger partial charge in [-0.3, -0.25) is 0 Å². The predicted molar refractivity (Wildman–Crippen MR) is 211 cm³/mol. The summed E-state index contributed by atoms with van der Waals surface area (Å²) in [5, 5.41) is 2.22. The summed E-state index contributed by atoms with van der Waals surface area (Å²) in [7, 11) is 0. The van der Waals surface area contributed by atoms with Gasteiger partial charge < -0.3 is 9.32 Å². The first-order valence-electron chi connectivity index (χ1n) is 17.5. The van der Waals surface area contributed by atoms with E-state index in [1.54, 1.807) is 0 Å². The van der Waals surface area contributed by atoms with Gasteiger partial charge in [-0.25, -0.2) is 0 Å². The van der Waals surface area contributed by atoms with E-state index in [0.29, 0.717) is 0 Å². The molecule has 2 nitrogen and oxygen atoms in total. The van der Waals surface area contributed by atoms with E-state index in [2.05, 4.69) is 193 Å². The molecule has 0 bridgehead atoms. The smallest absolute Gasteiger partial charge is 0.135 e. The van der Waals surface area contributed by atoms with Crippen LogP contribution < -0.4 is 4.90 Å². The van der Waals surface area contributed by atoms with Crippen molar-refractivity contribution in [2.24, 2.45) is 0 Å². The molecule has 0 fully saturated rings. The maximum atomic E-state index is 6.28. The van der Waals surface area contributed by atoms with Crippen LogP contribution in [0.3, 0.4) is 0 Å². The summed E-state index contributed by atoms with van der Waals surface area (Å²) in [6.45, 7) is 0. The van der Waals surface area contributed by atoms with Crippen LogP contribution in [-0.2, 0) is 5.41 Å². The highest BCUT2D eigenvalue weighted by Crippen LogP contribution is 2.57. The van der Waals surface area contributed by atoms with Crippen LogP contribution in [0.4, 0.5) is 17.1 Å². The van der Waals surface area contributed by atoms with Gasteiger partial charge in [-0.15, -0.1) is 0 Å². The van der Waals surface area contributed by atoms with Gasteiger partial charge >= 0.3 is 0 Å². The van der Waals surface area contributed by atoms with E-state index < -0.39 is 5.41 Å². The van der Waals surface area contributed by atoms with Crippen molar-refractivity contribution in [1.29, 1.82) is 0 Å². The van der Waals surface area contributed by atoms with E-state index in [1.807, 2.05) is 12.1 Å². The minimum atomic E-state index is -0.493. The molecule has 51 heavy (non-hydrogen) atoms. The summed E-state index contributed by atoms with van der Waals surface area (Å²) in [6, 6.07) is 72.3. The Balaban J connectivity index is 1.25. The zero-order chi connectivity index (χ0) is 33.8. The van der Waals surface area contributed by atoms with Gasteiger partial charge in [-0.2, -0.15) is 0 Å². The van der Waals surface area contributed by atoms with Gasteiger partial charge in [0.2, 0.25) is 0 Å². The maximum absolute atomic E-state index is 6.28. The lowest BCUT2D eigenvalue weighted by atomic mass is 9.67. The van der Waals surface area contributed by atoms with Crippen molar-refractivity contribution in [3.63, 3.8) is 0 Å². The van der Waals surface area contributed by atoms with Crippen molar-refractivity contribution in [2.45, 2.75) is 5.41 Å². The second-order valence-electron chi connectivity index (χ2n) is 13.3. The Hall–Kier alpha value is -6.64. The summed E-state index contributed by atoms with van der Waals surface area (Å²) < 4.78 is 6.28. The Bertz CT molecular complexity index is 2650. The van der Waals surface area contributed by atoms with E-state index >= 15 is 0 Å². The Morgan fingerprint density at radius 3 is 1.71 bits per heavy atom. The average molecular weight is 652 g/mol. The molecule has 0 spiro atoms. The number of rotatable bonds is 6. The van der Waals surface area contributed by atoms with E-state index in [4.69, 9.17) is 4.42 Å². The van der Waals surface area contributed by atoms with Crippen LogP contribution in [0.1, 0.15) is 22.3 Å². The van der Waals surface area contributed by atoms with E-state index in [9.17, 15) is 0 Å². The van der Waals surface area contributed by atoms with Crippen molar-refractivity contribution in [1.82, 2.24) is 0 Å². The first kappa shape index (κ1) is 29.3. The molecule has 9 aromatic rings. The number of furan rings is 1. The number of para-hydroxylation sites is 1. The number of benzene rings is 8. The first-order chi connectivity index (χ1) is 25.3. The highest BCUT2D eigenvalue weighted by molar-refractivity contribution is 6.06. The van der Waals surface area contributed by atoms with Gasteiger partial charge in [0.15, 0.2) is 0 Å². The third kappa shape index (κ3) is 4.57. The maximum Gasteiger partial charge on any atom is 0.135 e. The van der Waals surface area contributed by atoms with Crippen molar-refractivity contribution < 1.29 is 4.42 Å². The van der Waals surface area contributed by atoms with Gasteiger partial charge in [0.1, 0.15) is 11.2 Å². The van der Waals surface area contributed by atoms with Crippen LogP contribution in [0.5, 0.6) is 0 Å². The van der Waals surface area contributed by atoms with Crippen molar-refractivity contribution >= 4 is 39.0 Å². The molecule has 8 aromatic carbocycles. The fourth-order valence-corrected chi connectivity index (χ4v) is 8.33. The fraction of sp³-hybridized carbons (Fsp3) is 0.0204. The number of hydrogen-bond donors (Lipinski definition) is 0. The van der Waals surface area contributed by atoms with Gasteiger partial charge in [-0.1, -0.05) is 152 Å². The summed E-state index contributed by atoms with van der Waals surface area (Å²) in [5.74, 6) is 0. The van der Waals surface area contributed by atoms with Crippen LogP contribution in [0.25, 0.3) is 44.2 Å². The number of nitrogens with zero attached hydrogens (tertiary/aromatic N) is 1. The third-order valence-corrected chi connectivity index (χ3v) is 10.5. The Kier molecular flexibility index (Phi) is 6.75. The molecule has 10 rings (SSSR count). The first-order valence-corrected chi connectivity index (χ1v) is 17.5. The van der Waals surface area contributed by atoms with Crippen LogP contribution in [0.2, 0.25) is 0 Å². The minimum absolute atomic E-state index is 0.493. The summed E-state index contributed by atoms with van der Waals surface area (Å²) in [4.78, 5) is 2.40. The zero-order valence-electron chi connectivity index (χ0n) is 27.9. The molecule has 0 atom stereocenters. The average Bonchev–Trinajstić information content (AvgIpc) is 3.72. The quantitative estimate of drug-likeness (QED) is 0.178. The minimum Gasteiger partial charge on any atom is -0.456 e. The van der Waals surface area contributed by atoms with Gasteiger partial charge in [0, 0.05) is 27.8 Å². The Morgan fingerprint density at radius 2 is 0.922 bits per heavy atom. The molecule has 1 aliphatic carbocycles. The largest absolute Gasteiger partial charge is 0.456 e. The summed E-state index contributed by atoms with van der Waals surface area (Å²) in [5.41, 5.74) is 14.5. The molecule has 2 heteroatoms. The van der Waals surface area contributed by atoms with Gasteiger partial charge in [0.25, 0.3) is 0 Å². The monoisotopic (exact) mass is 651 g/mol. The zero-order valence-corrected chi connectivity index (χ0v) is 27.9. The predicted octanol–water partition coefficient (Wildman–Crippen LogP) is 13.1. The molecule has 1 aliphatic rings. The molecular weight excluding hydrogens is 619 g/mol. The van der Waals surface area contributed by atoms with Crippen LogP contribution in [-0.4, -0.2) is 0 Å². The van der Waals surface area contributed by atoms with E-state index in [-0.39, 0.29) is 0 Å². The van der Waals surface area contributed by atoms with Crippen molar-refractivity contribution in [3.05, 3.63) is 222 Å². The highest BCUT2D eigenvalue weighted by atomic mass is 16.3. The summed E-state index contributed by atoms with van der Waals surface area (Å²) in [6.07, 6.45) is 0. The Labute approximate surface area is 297 Å². The topological polar surface area (TPSA) is 16.4 Å². The second kappa shape index (κ2) is 11.8. The van der Waals surface area contributed by atoms with Crippen molar-refractivity contribution in [2.75, 3.05) is 4.90 Å². The molecule has 0 unspecified atom stereocenters. The number of hydrogen-bond acceptors (Lipinski definition) is 2. The van der Waals surface area contributed by atoms with Gasteiger partial charge in [-0.05, 0) is 93.0 Å². The lowest BCUT2D eigenvalue weighted by Crippen LogP contribution is -2.28. The molecule has 0 saturated heterocycles. The van der Waals surface area contributed by atoms with Crippen LogP contribution >= 0.6 is 0 Å². The number of fused-ring (bicyclic) bond motifs is 6. The molecule has 0 radical (unpaired) electrons. The highest BCUT2D eigenvalue weighted by Gasteiger charge is 2.46. The molecule has 0 N–H and O–H groups in total. The SMILES string of the molecule is c1ccc(-c2cccc(N(c3ccc4c(c3)C(c3ccccc3)(c3ccccc3)c3ccccc3-4)c3ccc4oc5ccccc5c4c3)c2)cc1. The fourth-order valence-electron chi connectivity index (χ4n) is 8.33. The standard InChI is InChI=1S/C49H33NO/c1-4-15-34(16-5-1)35-17-14-22-38(31-35)50(39-28-30-48-44(32-39)43-24-11-13-26-47(43)51-48)40-27-29-42-41-23-10-12-25-45(41)49(46(42)33-40,36-18-6-2-7-19-36)37-20-8-3-9-21-37/h1-33H.